The average molecular weight is 266 g/mol. The van der Waals surface area contributed by atoms with Crippen LogP contribution in [-0.4, -0.2) is 54.9 Å². The van der Waals surface area contributed by atoms with Gasteiger partial charge in [-0.2, -0.15) is 0 Å². The van der Waals surface area contributed by atoms with Gasteiger partial charge in [0.05, 0.1) is 31.5 Å². The summed E-state index contributed by atoms with van der Waals surface area (Å²) >= 11 is 0. The van der Waals surface area contributed by atoms with Gasteiger partial charge in [-0.15, -0.1) is 0 Å². The van der Waals surface area contributed by atoms with Crippen LogP contribution in [0.25, 0.3) is 0 Å². The third kappa shape index (κ3) is 2.98. The monoisotopic (exact) mass is 266 g/mol. The molecule has 2 rings (SSSR count). The highest BCUT2D eigenvalue weighted by Crippen LogP contribution is 2.15. The summed E-state index contributed by atoms with van der Waals surface area (Å²) in [5, 5.41) is 0. The number of rotatable bonds is 3. The zero-order valence-corrected chi connectivity index (χ0v) is 12.1. The molecule has 5 heteroatoms. The van der Waals surface area contributed by atoms with Gasteiger partial charge >= 0.3 is 0 Å². The fourth-order valence-electron chi connectivity index (χ4n) is 2.31. The Bertz CT molecular complexity index is 462. The highest BCUT2D eigenvalue weighted by molar-refractivity contribution is 5.95. The van der Waals surface area contributed by atoms with E-state index in [1.54, 1.807) is 4.90 Å². The standard InChI is InChI=1S/C14H22N2O3/c1-10-7-13(11(2)16(10)4)14(17)15(3)8-12-9-18-5-6-19-12/h7,12H,5-6,8-9H2,1-4H3/t12-/m1/s1. The highest BCUT2D eigenvalue weighted by Gasteiger charge is 2.22. The van der Waals surface area contributed by atoms with Gasteiger partial charge in [0, 0.05) is 32.0 Å². The van der Waals surface area contributed by atoms with Gasteiger partial charge in [0.1, 0.15) is 0 Å². The summed E-state index contributed by atoms with van der Waals surface area (Å²) in [5.41, 5.74) is 2.85. The first-order valence-electron chi connectivity index (χ1n) is 6.58. The summed E-state index contributed by atoms with van der Waals surface area (Å²) in [6.45, 7) is 6.34. The number of aryl methyl sites for hydroxylation is 1. The molecule has 0 spiro atoms. The number of hydrogen-bond acceptors (Lipinski definition) is 3. The quantitative estimate of drug-likeness (QED) is 0.823. The molecule has 1 aliphatic heterocycles. The maximum Gasteiger partial charge on any atom is 0.255 e. The SMILES string of the molecule is Cc1cc(C(=O)N(C)C[C@@H]2COCCO2)c(C)n1C. The van der Waals surface area contributed by atoms with Gasteiger partial charge in [0.2, 0.25) is 0 Å². The van der Waals surface area contributed by atoms with Crippen molar-refractivity contribution in [3.63, 3.8) is 0 Å². The minimum Gasteiger partial charge on any atom is -0.376 e. The van der Waals surface area contributed by atoms with Crippen molar-refractivity contribution in [3.8, 4) is 0 Å². The molecular weight excluding hydrogens is 244 g/mol. The molecule has 0 saturated carbocycles. The summed E-state index contributed by atoms with van der Waals surface area (Å²) in [7, 11) is 3.78. The number of carbonyl (C=O) groups excluding carboxylic acids is 1. The lowest BCUT2D eigenvalue weighted by molar-refractivity contribution is -0.0933. The molecule has 1 fully saturated rings. The van der Waals surface area contributed by atoms with Crippen LogP contribution in [0, 0.1) is 13.8 Å². The smallest absolute Gasteiger partial charge is 0.255 e. The summed E-state index contributed by atoms with van der Waals surface area (Å²) in [4.78, 5) is 14.1. The van der Waals surface area contributed by atoms with Crippen molar-refractivity contribution in [2.24, 2.45) is 7.05 Å². The summed E-state index contributed by atoms with van der Waals surface area (Å²) in [6.07, 6.45) is -0.0205. The minimum atomic E-state index is -0.0205. The third-order valence-electron chi connectivity index (χ3n) is 3.71. The molecule has 106 valence electrons. The first-order chi connectivity index (χ1) is 9.00. The van der Waals surface area contributed by atoms with Gasteiger partial charge < -0.3 is 18.9 Å². The molecule has 1 aromatic heterocycles. The van der Waals surface area contributed by atoms with Crippen molar-refractivity contribution in [3.05, 3.63) is 23.0 Å². The number of amides is 1. The maximum absolute atomic E-state index is 12.4. The van der Waals surface area contributed by atoms with Crippen LogP contribution in [0.1, 0.15) is 21.7 Å². The van der Waals surface area contributed by atoms with Crippen LogP contribution < -0.4 is 0 Å². The number of aromatic nitrogens is 1. The molecule has 0 aliphatic carbocycles. The molecule has 1 atom stereocenters. The van der Waals surface area contributed by atoms with E-state index in [-0.39, 0.29) is 12.0 Å². The zero-order valence-electron chi connectivity index (χ0n) is 12.1. The molecular formula is C14H22N2O3. The topological polar surface area (TPSA) is 43.7 Å². The van der Waals surface area contributed by atoms with E-state index in [0.717, 1.165) is 17.0 Å². The van der Waals surface area contributed by atoms with Gasteiger partial charge in [0.25, 0.3) is 5.91 Å². The molecule has 0 aromatic carbocycles. The van der Waals surface area contributed by atoms with E-state index in [4.69, 9.17) is 9.47 Å². The molecule has 0 bridgehead atoms. The van der Waals surface area contributed by atoms with E-state index in [2.05, 4.69) is 0 Å². The average Bonchev–Trinajstić information content (AvgIpc) is 2.67. The van der Waals surface area contributed by atoms with Gasteiger partial charge in [-0.25, -0.2) is 0 Å². The number of ether oxygens (including phenoxy) is 2. The van der Waals surface area contributed by atoms with Crippen molar-refractivity contribution in [2.45, 2.75) is 20.0 Å². The Morgan fingerprint density at radius 1 is 1.47 bits per heavy atom. The second-order valence-electron chi connectivity index (χ2n) is 5.10. The van der Waals surface area contributed by atoms with Crippen molar-refractivity contribution in [2.75, 3.05) is 33.4 Å². The van der Waals surface area contributed by atoms with E-state index in [9.17, 15) is 4.79 Å². The normalized spacial score (nSPS) is 19.5. The fraction of sp³-hybridized carbons (Fsp3) is 0.643. The van der Waals surface area contributed by atoms with Crippen LogP contribution in [0.4, 0.5) is 0 Å². The molecule has 0 unspecified atom stereocenters. The Morgan fingerprint density at radius 3 is 2.74 bits per heavy atom. The second-order valence-corrected chi connectivity index (χ2v) is 5.10. The van der Waals surface area contributed by atoms with Crippen LogP contribution in [0.3, 0.4) is 0 Å². The number of likely N-dealkylation sites (N-methyl/N-ethyl adjacent to an activating group) is 1. The zero-order chi connectivity index (χ0) is 14.0. The number of hydrogen-bond donors (Lipinski definition) is 0. The van der Waals surface area contributed by atoms with Gasteiger partial charge in [0.15, 0.2) is 0 Å². The van der Waals surface area contributed by atoms with Gasteiger partial charge in [-0.3, -0.25) is 4.79 Å². The van der Waals surface area contributed by atoms with Gasteiger partial charge in [-0.05, 0) is 19.9 Å². The summed E-state index contributed by atoms with van der Waals surface area (Å²) < 4.78 is 12.9. The predicted octanol–water partition coefficient (Wildman–Crippen LogP) is 1.13. The molecule has 0 N–H and O–H groups in total. The third-order valence-corrected chi connectivity index (χ3v) is 3.71. The molecule has 1 saturated heterocycles. The van der Waals surface area contributed by atoms with Crippen LogP contribution in [0.15, 0.2) is 6.07 Å². The molecule has 1 aliphatic rings. The molecule has 0 radical (unpaired) electrons. The van der Waals surface area contributed by atoms with Crippen LogP contribution in [0.5, 0.6) is 0 Å². The second kappa shape index (κ2) is 5.75. The number of carbonyl (C=O) groups is 1. The van der Waals surface area contributed by atoms with Crippen LogP contribution >= 0.6 is 0 Å². The Balaban J connectivity index is 2.03. The van der Waals surface area contributed by atoms with E-state index >= 15 is 0 Å². The maximum atomic E-state index is 12.4. The minimum absolute atomic E-state index is 0.0205. The first-order valence-corrected chi connectivity index (χ1v) is 6.58. The van der Waals surface area contributed by atoms with E-state index in [0.29, 0.717) is 26.4 Å². The fourth-order valence-corrected chi connectivity index (χ4v) is 2.31. The van der Waals surface area contributed by atoms with E-state index in [1.807, 2.05) is 38.6 Å². The molecule has 2 heterocycles. The Hall–Kier alpha value is -1.33. The Morgan fingerprint density at radius 2 is 2.21 bits per heavy atom. The number of nitrogens with zero attached hydrogens (tertiary/aromatic N) is 2. The lowest BCUT2D eigenvalue weighted by Gasteiger charge is -2.27. The Kier molecular flexibility index (Phi) is 4.27. The molecule has 5 nitrogen and oxygen atoms in total. The summed E-state index contributed by atoms with van der Waals surface area (Å²) in [6, 6.07) is 1.94. The Labute approximate surface area is 114 Å². The highest BCUT2D eigenvalue weighted by atomic mass is 16.6. The van der Waals surface area contributed by atoms with Gasteiger partial charge in [-0.1, -0.05) is 0 Å². The largest absolute Gasteiger partial charge is 0.376 e. The lowest BCUT2D eigenvalue weighted by Crippen LogP contribution is -2.40. The van der Waals surface area contributed by atoms with Crippen molar-refractivity contribution < 1.29 is 14.3 Å². The van der Waals surface area contributed by atoms with Crippen molar-refractivity contribution in [1.29, 1.82) is 0 Å². The van der Waals surface area contributed by atoms with Crippen LogP contribution in [0.2, 0.25) is 0 Å². The van der Waals surface area contributed by atoms with E-state index in [1.165, 1.54) is 0 Å². The molecule has 19 heavy (non-hydrogen) atoms. The molecule has 1 aromatic rings. The summed E-state index contributed by atoms with van der Waals surface area (Å²) in [5.74, 6) is 0.0374. The van der Waals surface area contributed by atoms with Crippen molar-refractivity contribution >= 4 is 5.91 Å². The van der Waals surface area contributed by atoms with Crippen LogP contribution in [-0.2, 0) is 16.5 Å². The lowest BCUT2D eigenvalue weighted by atomic mass is 10.2. The first kappa shape index (κ1) is 14.1. The predicted molar refractivity (Wildman–Crippen MR) is 72.4 cm³/mol. The molecule has 1 amide bonds. The van der Waals surface area contributed by atoms with E-state index < -0.39 is 0 Å². The van der Waals surface area contributed by atoms with Crippen molar-refractivity contribution in [1.82, 2.24) is 9.47 Å².